The first-order valence-electron chi connectivity index (χ1n) is 4.47. The third kappa shape index (κ3) is 2.47. The molecule has 2 aromatic rings. The van der Waals surface area contributed by atoms with Crippen molar-refractivity contribution < 1.29 is 38.5 Å². The predicted molar refractivity (Wildman–Crippen MR) is 50.8 cm³/mol. The van der Waals surface area contributed by atoms with Gasteiger partial charge in [0, 0.05) is 6.07 Å². The lowest BCUT2D eigenvalue weighted by atomic mass is 10.2. The lowest BCUT2D eigenvalue weighted by molar-refractivity contribution is -0.344. The highest BCUT2D eigenvalue weighted by molar-refractivity contribution is 5.92. The number of esters is 1. The van der Waals surface area contributed by atoms with Crippen molar-refractivity contribution in [1.29, 1.82) is 0 Å². The van der Waals surface area contributed by atoms with Gasteiger partial charge in [0.25, 0.3) is 0 Å². The Hall–Kier alpha value is -1.11. The SMILES string of the molecule is CCOC(=O)c1ccc2[nH+]c[nH]c2c1.[I-]. The van der Waals surface area contributed by atoms with Gasteiger partial charge >= 0.3 is 5.97 Å². The zero-order valence-corrected chi connectivity index (χ0v) is 10.4. The maximum atomic E-state index is 11.4. The number of carbonyl (C=O) groups is 1. The molecule has 0 aliphatic rings. The van der Waals surface area contributed by atoms with Crippen LogP contribution in [-0.4, -0.2) is 17.6 Å². The average Bonchev–Trinajstić information content (AvgIpc) is 2.64. The number of H-pyrrole nitrogens is 2. The van der Waals surface area contributed by atoms with E-state index in [1.165, 1.54) is 0 Å². The maximum absolute atomic E-state index is 11.4. The number of rotatable bonds is 2. The van der Waals surface area contributed by atoms with Crippen LogP contribution in [0.25, 0.3) is 11.0 Å². The van der Waals surface area contributed by atoms with Gasteiger partial charge in [-0.3, -0.25) is 0 Å². The molecule has 1 aromatic carbocycles. The highest BCUT2D eigenvalue weighted by Crippen LogP contribution is 2.10. The largest absolute Gasteiger partial charge is 1.00 e. The van der Waals surface area contributed by atoms with Gasteiger partial charge in [-0.1, -0.05) is 0 Å². The molecule has 0 saturated carbocycles. The van der Waals surface area contributed by atoms with Crippen molar-refractivity contribution in [3.63, 3.8) is 0 Å². The van der Waals surface area contributed by atoms with Crippen molar-refractivity contribution in [2.75, 3.05) is 6.61 Å². The molecule has 5 heteroatoms. The van der Waals surface area contributed by atoms with Gasteiger partial charge < -0.3 is 28.7 Å². The van der Waals surface area contributed by atoms with E-state index in [9.17, 15) is 4.79 Å². The molecule has 0 radical (unpaired) electrons. The maximum Gasteiger partial charge on any atom is 0.338 e. The summed E-state index contributed by atoms with van der Waals surface area (Å²) in [5, 5.41) is 0. The number of aromatic nitrogens is 2. The minimum Gasteiger partial charge on any atom is -1.00 e. The number of imidazole rings is 1. The summed E-state index contributed by atoms with van der Waals surface area (Å²) in [6, 6.07) is 5.35. The normalized spacial score (nSPS) is 9.67. The molecular formula is C10H11IN2O2. The number of halogens is 1. The Balaban J connectivity index is 0.00000112. The quantitative estimate of drug-likeness (QED) is 0.523. The average molecular weight is 318 g/mol. The summed E-state index contributed by atoms with van der Waals surface area (Å²) in [4.78, 5) is 17.4. The minimum absolute atomic E-state index is 0. The van der Waals surface area contributed by atoms with E-state index in [4.69, 9.17) is 4.74 Å². The molecule has 0 aliphatic carbocycles. The summed E-state index contributed by atoms with van der Waals surface area (Å²) in [6.07, 6.45) is 1.72. The van der Waals surface area contributed by atoms with Crippen LogP contribution >= 0.6 is 0 Å². The Morgan fingerprint density at radius 2 is 2.33 bits per heavy atom. The summed E-state index contributed by atoms with van der Waals surface area (Å²) in [5.74, 6) is -0.288. The molecule has 0 aliphatic heterocycles. The molecule has 0 amide bonds. The van der Waals surface area contributed by atoms with Crippen molar-refractivity contribution in [2.45, 2.75) is 6.92 Å². The van der Waals surface area contributed by atoms with E-state index in [-0.39, 0.29) is 29.9 Å². The number of hydrogen-bond acceptors (Lipinski definition) is 2. The van der Waals surface area contributed by atoms with Crippen molar-refractivity contribution >= 4 is 17.0 Å². The first-order valence-corrected chi connectivity index (χ1v) is 4.47. The van der Waals surface area contributed by atoms with Crippen molar-refractivity contribution in [2.24, 2.45) is 0 Å². The lowest BCUT2D eigenvalue weighted by Crippen LogP contribution is -3.00. The third-order valence-corrected chi connectivity index (χ3v) is 1.99. The van der Waals surface area contributed by atoms with Crippen molar-refractivity contribution in [3.8, 4) is 0 Å². The number of ether oxygens (including phenoxy) is 1. The molecule has 1 heterocycles. The standard InChI is InChI=1S/C10H10N2O2.HI/c1-2-14-10(13)7-3-4-8-9(5-7)12-6-11-8;/h3-6H,2H2,1H3,(H,11,12);1H. The smallest absolute Gasteiger partial charge is 0.338 e. The number of fused-ring (bicyclic) bond motifs is 1. The Morgan fingerprint density at radius 3 is 3.07 bits per heavy atom. The molecule has 0 spiro atoms. The first-order chi connectivity index (χ1) is 6.81. The molecular weight excluding hydrogens is 307 g/mol. The van der Waals surface area contributed by atoms with E-state index in [0.717, 1.165) is 11.0 Å². The van der Waals surface area contributed by atoms with Gasteiger partial charge in [-0.2, -0.15) is 0 Å². The van der Waals surface area contributed by atoms with Crippen LogP contribution in [-0.2, 0) is 4.74 Å². The Kier molecular flexibility index (Phi) is 4.07. The second-order valence-electron chi connectivity index (χ2n) is 2.91. The second-order valence-corrected chi connectivity index (χ2v) is 2.91. The van der Waals surface area contributed by atoms with Crippen LogP contribution in [0.3, 0.4) is 0 Å². The number of aromatic amines is 2. The Labute approximate surface area is 104 Å². The molecule has 2 N–H and O–H groups in total. The van der Waals surface area contributed by atoms with Crippen LogP contribution in [0.15, 0.2) is 24.5 Å². The number of nitrogens with one attached hydrogen (secondary N) is 2. The summed E-state index contributed by atoms with van der Waals surface area (Å²) < 4.78 is 4.89. The van der Waals surface area contributed by atoms with E-state index in [2.05, 4.69) is 9.97 Å². The Morgan fingerprint density at radius 1 is 1.53 bits per heavy atom. The van der Waals surface area contributed by atoms with Crippen molar-refractivity contribution in [3.05, 3.63) is 30.1 Å². The number of benzene rings is 1. The van der Waals surface area contributed by atoms with Crippen LogP contribution in [0.1, 0.15) is 17.3 Å². The molecule has 80 valence electrons. The number of hydrogen-bond donors (Lipinski definition) is 1. The third-order valence-electron chi connectivity index (χ3n) is 1.99. The van der Waals surface area contributed by atoms with E-state index >= 15 is 0 Å². The molecule has 2 rings (SSSR count). The molecule has 15 heavy (non-hydrogen) atoms. The van der Waals surface area contributed by atoms with Gasteiger partial charge in [0.1, 0.15) is 0 Å². The number of carbonyl (C=O) groups excluding carboxylic acids is 1. The molecule has 1 aromatic heterocycles. The summed E-state index contributed by atoms with van der Waals surface area (Å²) in [7, 11) is 0. The molecule has 0 fully saturated rings. The van der Waals surface area contributed by atoms with Gasteiger partial charge in [0.05, 0.1) is 12.2 Å². The van der Waals surface area contributed by atoms with E-state index in [1.54, 1.807) is 25.4 Å². The van der Waals surface area contributed by atoms with E-state index < -0.39 is 0 Å². The molecule has 0 atom stereocenters. The fourth-order valence-corrected chi connectivity index (χ4v) is 1.32. The van der Waals surface area contributed by atoms with Gasteiger partial charge in [-0.05, 0) is 19.1 Å². The predicted octanol–water partition coefficient (Wildman–Crippen LogP) is -1.84. The minimum atomic E-state index is -0.288. The fraction of sp³-hybridized carbons (Fsp3) is 0.200. The highest BCUT2D eigenvalue weighted by Gasteiger charge is 2.09. The first kappa shape index (κ1) is 12.0. The van der Waals surface area contributed by atoms with E-state index in [1.807, 2.05) is 6.07 Å². The Bertz CT molecular complexity index is 467. The summed E-state index contributed by atoms with van der Waals surface area (Å²) >= 11 is 0. The monoisotopic (exact) mass is 318 g/mol. The van der Waals surface area contributed by atoms with Gasteiger partial charge in [0.15, 0.2) is 11.0 Å². The molecule has 0 unspecified atom stereocenters. The topological polar surface area (TPSA) is 56.2 Å². The van der Waals surface area contributed by atoms with Crippen molar-refractivity contribution in [1.82, 2.24) is 4.98 Å². The fourth-order valence-electron chi connectivity index (χ4n) is 1.32. The summed E-state index contributed by atoms with van der Waals surface area (Å²) in [6.45, 7) is 2.19. The van der Waals surface area contributed by atoms with Gasteiger partial charge in [-0.15, -0.1) is 0 Å². The second kappa shape index (κ2) is 5.11. The van der Waals surface area contributed by atoms with Gasteiger partial charge in [-0.25, -0.2) is 14.8 Å². The zero-order chi connectivity index (χ0) is 9.97. The highest BCUT2D eigenvalue weighted by atomic mass is 127. The summed E-state index contributed by atoms with van der Waals surface area (Å²) in [5.41, 5.74) is 2.43. The molecule has 0 bridgehead atoms. The van der Waals surface area contributed by atoms with Crippen LogP contribution in [0.4, 0.5) is 0 Å². The van der Waals surface area contributed by atoms with Crippen LogP contribution in [0.2, 0.25) is 0 Å². The lowest BCUT2D eigenvalue weighted by Gasteiger charge is -1.99. The zero-order valence-electron chi connectivity index (χ0n) is 8.21. The molecule has 0 saturated heterocycles. The van der Waals surface area contributed by atoms with Crippen LogP contribution in [0, 0.1) is 0 Å². The van der Waals surface area contributed by atoms with Crippen LogP contribution < -0.4 is 29.0 Å². The molecule has 4 nitrogen and oxygen atoms in total. The van der Waals surface area contributed by atoms with Crippen LogP contribution in [0.5, 0.6) is 0 Å². The van der Waals surface area contributed by atoms with E-state index in [0.29, 0.717) is 12.2 Å². The van der Waals surface area contributed by atoms with Gasteiger partial charge in [0.2, 0.25) is 6.33 Å².